The van der Waals surface area contributed by atoms with Crippen LogP contribution in [0.2, 0.25) is 0 Å². The maximum atomic E-state index is 10.5. The van der Waals surface area contributed by atoms with Gasteiger partial charge in [0.25, 0.3) is 0 Å². The van der Waals surface area contributed by atoms with E-state index in [1.165, 1.54) is 15.6 Å². The Morgan fingerprint density at radius 1 is 1.21 bits per heavy atom. The third-order valence-corrected chi connectivity index (χ3v) is 6.34. The first kappa shape index (κ1) is 20.9. The fourth-order valence-electron chi connectivity index (χ4n) is 2.90. The van der Waals surface area contributed by atoms with Crippen LogP contribution in [0.4, 0.5) is 0 Å². The molecule has 0 spiro atoms. The highest BCUT2D eigenvalue weighted by Crippen LogP contribution is 2.36. The van der Waals surface area contributed by atoms with Crippen LogP contribution in [-0.4, -0.2) is 21.7 Å². The van der Waals surface area contributed by atoms with Crippen molar-refractivity contribution in [1.82, 2.24) is 10.3 Å². The molecular formula is C24H28N2O2S. The molecule has 2 heterocycles. The summed E-state index contributed by atoms with van der Waals surface area (Å²) in [6.45, 7) is 16.1. The Hall–Kier alpha value is -2.79. The Morgan fingerprint density at radius 2 is 1.93 bits per heavy atom. The number of rotatable bonds is 7. The van der Waals surface area contributed by atoms with Crippen molar-refractivity contribution >= 4 is 27.1 Å². The van der Waals surface area contributed by atoms with Crippen molar-refractivity contribution in [2.45, 2.75) is 33.6 Å². The van der Waals surface area contributed by atoms with E-state index < -0.39 is 5.41 Å². The monoisotopic (exact) mass is 408 g/mol. The van der Waals surface area contributed by atoms with Gasteiger partial charge >= 0.3 is 0 Å². The Kier molecular flexibility index (Phi) is 5.71. The van der Waals surface area contributed by atoms with E-state index >= 15 is 0 Å². The molecule has 1 aromatic carbocycles. The lowest BCUT2D eigenvalue weighted by molar-refractivity contribution is 0.259. The second-order valence-corrected chi connectivity index (χ2v) is 9.40. The summed E-state index contributed by atoms with van der Waals surface area (Å²) in [6.07, 6.45) is 1.76. The van der Waals surface area contributed by atoms with Gasteiger partial charge in [-0.3, -0.25) is 4.98 Å². The zero-order valence-corrected chi connectivity index (χ0v) is 18.2. The molecule has 2 aromatic heterocycles. The lowest BCUT2D eigenvalue weighted by Gasteiger charge is -2.24. The zero-order valence-electron chi connectivity index (χ0n) is 17.4. The maximum Gasteiger partial charge on any atom is 0.143 e. The quantitative estimate of drug-likeness (QED) is 0.393. The van der Waals surface area contributed by atoms with Gasteiger partial charge in [-0.15, -0.1) is 11.3 Å². The van der Waals surface area contributed by atoms with Gasteiger partial charge < -0.3 is 15.5 Å². The summed E-state index contributed by atoms with van der Waals surface area (Å²) in [6, 6.07) is 10.4. The normalized spacial score (nSPS) is 11.8. The first-order chi connectivity index (χ1) is 13.6. The number of thiophene rings is 1. The highest BCUT2D eigenvalue weighted by Gasteiger charge is 2.22. The first-order valence-corrected chi connectivity index (χ1v) is 10.4. The molecule has 0 aliphatic rings. The molecule has 0 radical (unpaired) electrons. The highest BCUT2D eigenvalue weighted by molar-refractivity contribution is 7.22. The van der Waals surface area contributed by atoms with Crippen molar-refractivity contribution in [2.75, 3.05) is 6.54 Å². The van der Waals surface area contributed by atoms with Crippen LogP contribution in [0, 0.1) is 5.41 Å². The number of nitrogens with one attached hydrogen (secondary N) is 1. The molecule has 3 rings (SSSR count). The number of hydrogen-bond donors (Lipinski definition) is 3. The molecule has 29 heavy (non-hydrogen) atoms. The SMILES string of the molecule is C=C(NCC(C)(C)C(=C)O)c1ncc(-c2cc3cc(C(C)C)ccc3s2)cc1O. The number of aromatic nitrogens is 1. The first-order valence-electron chi connectivity index (χ1n) is 9.63. The number of nitrogens with zero attached hydrogens (tertiary/aromatic N) is 1. The molecule has 0 bridgehead atoms. The second-order valence-electron chi connectivity index (χ2n) is 8.32. The summed E-state index contributed by atoms with van der Waals surface area (Å²) < 4.78 is 1.21. The largest absolute Gasteiger partial charge is 0.512 e. The Bertz CT molecular complexity index is 1080. The van der Waals surface area contributed by atoms with E-state index in [0.29, 0.717) is 23.9 Å². The van der Waals surface area contributed by atoms with Crippen molar-refractivity contribution in [3.8, 4) is 16.2 Å². The Balaban J connectivity index is 1.83. The van der Waals surface area contributed by atoms with Crippen LogP contribution in [0.25, 0.3) is 26.2 Å². The van der Waals surface area contributed by atoms with Gasteiger partial charge in [0, 0.05) is 33.3 Å². The smallest absolute Gasteiger partial charge is 0.143 e. The molecule has 0 amide bonds. The molecule has 5 heteroatoms. The van der Waals surface area contributed by atoms with Crippen molar-refractivity contribution < 1.29 is 10.2 Å². The van der Waals surface area contributed by atoms with E-state index in [2.05, 4.69) is 61.6 Å². The molecule has 152 valence electrons. The van der Waals surface area contributed by atoms with E-state index in [-0.39, 0.29) is 11.5 Å². The van der Waals surface area contributed by atoms with Gasteiger partial charge in [0.15, 0.2) is 0 Å². The fourth-order valence-corrected chi connectivity index (χ4v) is 3.92. The molecule has 0 atom stereocenters. The molecule has 3 N–H and O–H groups in total. The van der Waals surface area contributed by atoms with Crippen LogP contribution in [-0.2, 0) is 0 Å². The summed E-state index contributed by atoms with van der Waals surface area (Å²) in [4.78, 5) is 5.49. The minimum absolute atomic E-state index is 0.0703. The standard InChI is InChI=1S/C24H28N2O2S/c1-14(2)17-7-8-21-18(9-17)11-22(29-21)19-10-20(28)23(25-12-19)15(3)26-13-24(5,6)16(4)27/h7-12,14,26-28H,3-4,13H2,1-2,5-6H3. The lowest BCUT2D eigenvalue weighted by Crippen LogP contribution is -2.29. The van der Waals surface area contributed by atoms with Crippen LogP contribution in [0.3, 0.4) is 0 Å². The van der Waals surface area contributed by atoms with Crippen LogP contribution in [0.5, 0.6) is 5.75 Å². The summed E-state index contributed by atoms with van der Waals surface area (Å²) in [5, 5.41) is 24.5. The van der Waals surface area contributed by atoms with Crippen LogP contribution in [0.1, 0.15) is 44.9 Å². The number of benzene rings is 1. The van der Waals surface area contributed by atoms with Gasteiger partial charge in [0.1, 0.15) is 11.4 Å². The van der Waals surface area contributed by atoms with E-state index in [1.54, 1.807) is 23.6 Å². The minimum atomic E-state index is -0.510. The van der Waals surface area contributed by atoms with Crippen molar-refractivity contribution in [1.29, 1.82) is 0 Å². The molecule has 0 aliphatic heterocycles. The van der Waals surface area contributed by atoms with Crippen molar-refractivity contribution in [2.24, 2.45) is 5.41 Å². The topological polar surface area (TPSA) is 65.4 Å². The number of hydrogen-bond acceptors (Lipinski definition) is 5. The van der Waals surface area contributed by atoms with Gasteiger partial charge in [-0.2, -0.15) is 0 Å². The third kappa shape index (κ3) is 4.46. The molecule has 3 aromatic rings. The Labute approximate surface area is 176 Å². The molecule has 4 nitrogen and oxygen atoms in total. The number of aromatic hydroxyl groups is 1. The van der Waals surface area contributed by atoms with Gasteiger partial charge in [-0.25, -0.2) is 0 Å². The molecule has 0 saturated heterocycles. The Morgan fingerprint density at radius 3 is 2.55 bits per heavy atom. The molecule has 0 aliphatic carbocycles. The van der Waals surface area contributed by atoms with E-state index in [4.69, 9.17) is 0 Å². The molecule has 0 fully saturated rings. The maximum absolute atomic E-state index is 10.5. The number of aliphatic hydroxyl groups is 1. The average Bonchev–Trinajstić information content (AvgIpc) is 3.09. The van der Waals surface area contributed by atoms with E-state index in [1.807, 2.05) is 13.8 Å². The zero-order chi connectivity index (χ0) is 21.3. The summed E-state index contributed by atoms with van der Waals surface area (Å²) in [7, 11) is 0. The van der Waals surface area contributed by atoms with Crippen LogP contribution >= 0.6 is 11.3 Å². The molecular weight excluding hydrogens is 380 g/mol. The number of pyridine rings is 1. The minimum Gasteiger partial charge on any atom is -0.512 e. The number of aliphatic hydroxyl groups excluding tert-OH is 1. The van der Waals surface area contributed by atoms with E-state index in [0.717, 1.165) is 10.4 Å². The fraction of sp³-hybridized carbons (Fsp3) is 0.292. The predicted octanol–water partition coefficient (Wildman–Crippen LogP) is 6.45. The average molecular weight is 409 g/mol. The highest BCUT2D eigenvalue weighted by atomic mass is 32.1. The summed E-state index contributed by atoms with van der Waals surface area (Å²) in [5.41, 5.74) is 2.58. The van der Waals surface area contributed by atoms with Crippen LogP contribution in [0.15, 0.2) is 55.4 Å². The second kappa shape index (κ2) is 7.91. The predicted molar refractivity (Wildman–Crippen MR) is 123 cm³/mol. The van der Waals surface area contributed by atoms with Gasteiger partial charge in [-0.1, -0.05) is 53.0 Å². The molecule has 0 unspecified atom stereocenters. The van der Waals surface area contributed by atoms with Gasteiger partial charge in [0.05, 0.1) is 11.5 Å². The summed E-state index contributed by atoms with van der Waals surface area (Å²) in [5.74, 6) is 0.649. The van der Waals surface area contributed by atoms with Crippen molar-refractivity contribution in [3.05, 3.63) is 66.7 Å². The lowest BCUT2D eigenvalue weighted by atomic mass is 9.91. The summed E-state index contributed by atoms with van der Waals surface area (Å²) >= 11 is 1.68. The third-order valence-electron chi connectivity index (χ3n) is 5.17. The van der Waals surface area contributed by atoms with Crippen LogP contribution < -0.4 is 5.32 Å². The molecule has 0 saturated carbocycles. The van der Waals surface area contributed by atoms with Gasteiger partial charge in [0.2, 0.25) is 0 Å². The van der Waals surface area contributed by atoms with Crippen molar-refractivity contribution in [3.63, 3.8) is 0 Å². The van der Waals surface area contributed by atoms with Gasteiger partial charge in [-0.05, 0) is 35.1 Å². The van der Waals surface area contributed by atoms with E-state index in [9.17, 15) is 10.2 Å². The number of fused-ring (bicyclic) bond motifs is 1.